The molecule has 0 atom stereocenters. The highest BCUT2D eigenvalue weighted by atomic mass is 16.2. The number of rotatable bonds is 4. The molecule has 0 saturated heterocycles. The maximum atomic E-state index is 12.9. The van der Waals surface area contributed by atoms with Gasteiger partial charge in [-0.3, -0.25) is 14.2 Å². The number of pyridine rings is 1. The molecular weight excluding hydrogens is 364 g/mol. The molecular formula is C23H28N4O2. The predicted molar refractivity (Wildman–Crippen MR) is 115 cm³/mol. The molecule has 1 amide bonds. The summed E-state index contributed by atoms with van der Waals surface area (Å²) in [4.78, 5) is 25.6. The normalized spacial score (nSPS) is 15.0. The molecule has 1 saturated carbocycles. The van der Waals surface area contributed by atoms with Crippen molar-refractivity contribution in [1.82, 2.24) is 19.7 Å². The summed E-state index contributed by atoms with van der Waals surface area (Å²) in [5.74, 6) is -0.113. The lowest BCUT2D eigenvalue weighted by atomic mass is 9.95. The molecule has 29 heavy (non-hydrogen) atoms. The number of aryl methyl sites for hydroxylation is 3. The van der Waals surface area contributed by atoms with Crippen LogP contribution < -0.4 is 10.9 Å². The van der Waals surface area contributed by atoms with Gasteiger partial charge in [-0.15, -0.1) is 0 Å². The number of carbonyl (C=O) groups excluding carboxylic acids is 1. The van der Waals surface area contributed by atoms with Gasteiger partial charge in [-0.1, -0.05) is 37.0 Å². The monoisotopic (exact) mass is 392 g/mol. The van der Waals surface area contributed by atoms with Crippen molar-refractivity contribution >= 4 is 16.9 Å². The van der Waals surface area contributed by atoms with E-state index >= 15 is 0 Å². The Bertz CT molecular complexity index is 1100. The molecule has 1 aromatic carbocycles. The lowest BCUT2D eigenvalue weighted by molar-refractivity contribution is -0.122. The number of benzene rings is 1. The quantitative estimate of drug-likeness (QED) is 0.738. The minimum absolute atomic E-state index is 0.00308. The number of hydrogen-bond acceptors (Lipinski definition) is 3. The molecule has 6 heteroatoms. The molecule has 0 bridgehead atoms. The Balaban J connectivity index is 1.77. The van der Waals surface area contributed by atoms with Gasteiger partial charge < -0.3 is 5.32 Å². The molecule has 0 radical (unpaired) electrons. The number of fused-ring (bicyclic) bond motifs is 1. The van der Waals surface area contributed by atoms with Gasteiger partial charge in [0.15, 0.2) is 0 Å². The summed E-state index contributed by atoms with van der Waals surface area (Å²) in [6.07, 6.45) is 5.58. The van der Waals surface area contributed by atoms with E-state index in [0.717, 1.165) is 53.6 Å². The van der Waals surface area contributed by atoms with Crippen LogP contribution in [-0.4, -0.2) is 26.3 Å². The fourth-order valence-electron chi connectivity index (χ4n) is 4.35. The first kappa shape index (κ1) is 19.4. The van der Waals surface area contributed by atoms with Crippen molar-refractivity contribution in [3.8, 4) is 5.69 Å². The van der Waals surface area contributed by atoms with Crippen LogP contribution in [0.2, 0.25) is 0 Å². The van der Waals surface area contributed by atoms with Crippen molar-refractivity contribution in [2.24, 2.45) is 0 Å². The zero-order valence-corrected chi connectivity index (χ0v) is 17.4. The molecule has 0 unspecified atom stereocenters. The van der Waals surface area contributed by atoms with E-state index in [9.17, 15) is 9.59 Å². The van der Waals surface area contributed by atoms with Crippen molar-refractivity contribution < 1.29 is 4.79 Å². The Morgan fingerprint density at radius 3 is 2.48 bits per heavy atom. The summed E-state index contributed by atoms with van der Waals surface area (Å²) >= 11 is 0. The van der Waals surface area contributed by atoms with E-state index < -0.39 is 0 Å². The van der Waals surface area contributed by atoms with Crippen molar-refractivity contribution in [2.45, 2.75) is 65.5 Å². The third kappa shape index (κ3) is 3.84. The summed E-state index contributed by atoms with van der Waals surface area (Å²) in [6, 6.07) is 9.83. The van der Waals surface area contributed by atoms with Crippen LogP contribution in [0.15, 0.2) is 35.1 Å². The van der Waals surface area contributed by atoms with Gasteiger partial charge in [0.2, 0.25) is 5.91 Å². The zero-order chi connectivity index (χ0) is 20.5. The standard InChI is InChI=1S/C23H28N4O2/c1-15-9-11-19(12-10-15)27-23-22(17(3)25-27)16(2)13-21(29)26(23)14-20(28)24-18-7-5-4-6-8-18/h9-13,18H,4-8,14H2,1-3H3,(H,24,28). The third-order valence-electron chi connectivity index (χ3n) is 5.84. The van der Waals surface area contributed by atoms with Crippen LogP contribution in [0, 0.1) is 20.8 Å². The molecule has 1 N–H and O–H groups in total. The van der Waals surface area contributed by atoms with Crippen LogP contribution in [-0.2, 0) is 11.3 Å². The summed E-state index contributed by atoms with van der Waals surface area (Å²) in [7, 11) is 0. The Hall–Kier alpha value is -2.89. The number of aromatic nitrogens is 3. The second-order valence-electron chi connectivity index (χ2n) is 8.19. The molecule has 152 valence electrons. The van der Waals surface area contributed by atoms with Crippen LogP contribution in [0.25, 0.3) is 16.7 Å². The van der Waals surface area contributed by atoms with E-state index in [1.807, 2.05) is 45.0 Å². The maximum absolute atomic E-state index is 12.9. The van der Waals surface area contributed by atoms with Gasteiger partial charge in [0, 0.05) is 17.5 Å². The van der Waals surface area contributed by atoms with E-state index in [1.165, 1.54) is 6.42 Å². The number of hydrogen-bond donors (Lipinski definition) is 1. The first-order chi connectivity index (χ1) is 13.9. The molecule has 1 aliphatic carbocycles. The van der Waals surface area contributed by atoms with Crippen molar-refractivity contribution in [3.05, 3.63) is 57.5 Å². The minimum Gasteiger partial charge on any atom is -0.352 e. The highest BCUT2D eigenvalue weighted by Crippen LogP contribution is 2.24. The van der Waals surface area contributed by atoms with Crippen LogP contribution in [0.1, 0.15) is 48.9 Å². The first-order valence-corrected chi connectivity index (χ1v) is 10.4. The Morgan fingerprint density at radius 1 is 1.10 bits per heavy atom. The van der Waals surface area contributed by atoms with Crippen LogP contribution in [0.4, 0.5) is 0 Å². The van der Waals surface area contributed by atoms with Crippen LogP contribution in [0.3, 0.4) is 0 Å². The summed E-state index contributed by atoms with van der Waals surface area (Å²) < 4.78 is 3.34. The van der Waals surface area contributed by atoms with Crippen LogP contribution in [0.5, 0.6) is 0 Å². The maximum Gasteiger partial charge on any atom is 0.252 e. The number of carbonyl (C=O) groups is 1. The highest BCUT2D eigenvalue weighted by Gasteiger charge is 2.20. The lowest BCUT2D eigenvalue weighted by Crippen LogP contribution is -2.40. The van der Waals surface area contributed by atoms with Gasteiger partial charge >= 0.3 is 0 Å². The molecule has 2 aromatic heterocycles. The molecule has 1 aliphatic rings. The van der Waals surface area contributed by atoms with E-state index in [-0.39, 0.29) is 24.1 Å². The average molecular weight is 393 g/mol. The fraction of sp³-hybridized carbons (Fsp3) is 0.435. The van der Waals surface area contributed by atoms with Gasteiger partial charge in [-0.25, -0.2) is 4.68 Å². The van der Waals surface area contributed by atoms with Gasteiger partial charge in [0.05, 0.1) is 11.4 Å². The molecule has 0 spiro atoms. The number of nitrogens with zero attached hydrogens (tertiary/aromatic N) is 3. The lowest BCUT2D eigenvalue weighted by Gasteiger charge is -2.23. The SMILES string of the molecule is Cc1ccc(-n2nc(C)c3c(C)cc(=O)n(CC(=O)NC4CCCCC4)c32)cc1. The second-order valence-corrected chi connectivity index (χ2v) is 8.19. The summed E-state index contributed by atoms with van der Waals surface area (Å²) in [6.45, 7) is 5.90. The minimum atomic E-state index is -0.179. The van der Waals surface area contributed by atoms with Gasteiger partial charge in [-0.05, 0) is 51.3 Å². The van der Waals surface area contributed by atoms with Crippen molar-refractivity contribution in [3.63, 3.8) is 0 Å². The smallest absolute Gasteiger partial charge is 0.252 e. The molecule has 3 aromatic rings. The van der Waals surface area contributed by atoms with E-state index in [0.29, 0.717) is 5.65 Å². The molecule has 1 fully saturated rings. The topological polar surface area (TPSA) is 68.9 Å². The fourth-order valence-corrected chi connectivity index (χ4v) is 4.35. The van der Waals surface area contributed by atoms with E-state index in [4.69, 9.17) is 5.10 Å². The Morgan fingerprint density at radius 2 is 1.79 bits per heavy atom. The average Bonchev–Trinajstić information content (AvgIpc) is 3.04. The van der Waals surface area contributed by atoms with Crippen molar-refractivity contribution in [1.29, 1.82) is 0 Å². The predicted octanol–water partition coefficient (Wildman–Crippen LogP) is 3.56. The second kappa shape index (κ2) is 7.85. The van der Waals surface area contributed by atoms with Gasteiger partial charge in [0.25, 0.3) is 5.56 Å². The largest absolute Gasteiger partial charge is 0.352 e. The molecule has 4 rings (SSSR count). The summed E-state index contributed by atoms with van der Waals surface area (Å²) in [5.41, 5.74) is 4.25. The van der Waals surface area contributed by atoms with Crippen LogP contribution >= 0.6 is 0 Å². The van der Waals surface area contributed by atoms with E-state index in [2.05, 4.69) is 5.32 Å². The zero-order valence-electron chi connectivity index (χ0n) is 17.4. The Labute approximate surface area is 170 Å². The van der Waals surface area contributed by atoms with Crippen molar-refractivity contribution in [2.75, 3.05) is 0 Å². The van der Waals surface area contributed by atoms with Gasteiger partial charge in [-0.2, -0.15) is 5.10 Å². The number of nitrogens with one attached hydrogen (secondary N) is 1. The molecule has 0 aliphatic heterocycles. The first-order valence-electron chi connectivity index (χ1n) is 10.4. The summed E-state index contributed by atoms with van der Waals surface area (Å²) in [5, 5.41) is 8.75. The molecule has 2 heterocycles. The highest BCUT2D eigenvalue weighted by molar-refractivity contribution is 5.85. The van der Waals surface area contributed by atoms with Gasteiger partial charge in [0.1, 0.15) is 12.2 Å². The van der Waals surface area contributed by atoms with E-state index in [1.54, 1.807) is 15.3 Å². The third-order valence-corrected chi connectivity index (χ3v) is 5.84. The number of amides is 1. The Kier molecular flexibility index (Phi) is 5.26. The molecule has 6 nitrogen and oxygen atoms in total.